The van der Waals surface area contributed by atoms with Crippen LogP contribution in [0.2, 0.25) is 10.0 Å². The minimum absolute atomic E-state index is 0.482. The number of rotatable bonds is 2. The average Bonchev–Trinajstić information content (AvgIpc) is 2.62. The molecule has 2 aromatic rings. The van der Waals surface area contributed by atoms with Crippen molar-refractivity contribution in [1.82, 2.24) is 0 Å². The Morgan fingerprint density at radius 1 is 1.12 bits per heavy atom. The third-order valence-corrected chi connectivity index (χ3v) is 2.67. The van der Waals surface area contributed by atoms with Gasteiger partial charge in [-0.05, 0) is 42.8 Å². The molecule has 0 spiro atoms. The van der Waals surface area contributed by atoms with Crippen LogP contribution in [0.15, 0.2) is 34.7 Å². The Labute approximate surface area is 103 Å². The Morgan fingerprint density at radius 2 is 1.75 bits per heavy atom. The van der Waals surface area contributed by atoms with Crippen LogP contribution in [-0.4, -0.2) is 5.11 Å². The molecular formula is C12H10Cl2O2. The fourth-order valence-corrected chi connectivity index (χ4v) is 2.04. The summed E-state index contributed by atoms with van der Waals surface area (Å²) in [5.74, 6) is 1.23. The molecule has 0 saturated carbocycles. The second-order valence-corrected chi connectivity index (χ2v) is 4.43. The van der Waals surface area contributed by atoms with Crippen LogP contribution in [0.4, 0.5) is 0 Å². The summed E-state index contributed by atoms with van der Waals surface area (Å²) < 4.78 is 5.34. The molecule has 0 aliphatic heterocycles. The lowest BCUT2D eigenvalue weighted by molar-refractivity contribution is 0.187. The van der Waals surface area contributed by atoms with E-state index in [1.165, 1.54) is 0 Å². The number of furan rings is 1. The van der Waals surface area contributed by atoms with Gasteiger partial charge >= 0.3 is 0 Å². The standard InChI is InChI=1S/C12H10Cl2O2/c1-7-2-3-11(16-7)12(15)8-4-9(13)6-10(14)5-8/h2-6,12,15H,1H3/t12-/m0/s1. The summed E-state index contributed by atoms with van der Waals surface area (Å²) in [6.45, 7) is 1.82. The predicted molar refractivity (Wildman–Crippen MR) is 64.0 cm³/mol. The molecule has 0 radical (unpaired) electrons. The van der Waals surface area contributed by atoms with E-state index in [0.29, 0.717) is 21.4 Å². The molecule has 1 atom stereocenters. The Hall–Kier alpha value is -0.960. The molecule has 0 aliphatic rings. The van der Waals surface area contributed by atoms with Crippen molar-refractivity contribution in [3.05, 3.63) is 57.5 Å². The summed E-state index contributed by atoms with van der Waals surface area (Å²) in [6, 6.07) is 8.47. The highest BCUT2D eigenvalue weighted by Crippen LogP contribution is 2.28. The van der Waals surface area contributed by atoms with Crippen LogP contribution < -0.4 is 0 Å². The lowest BCUT2D eigenvalue weighted by Crippen LogP contribution is -1.97. The van der Waals surface area contributed by atoms with Crippen molar-refractivity contribution in [2.75, 3.05) is 0 Å². The number of halogens is 2. The van der Waals surface area contributed by atoms with E-state index in [9.17, 15) is 5.11 Å². The van der Waals surface area contributed by atoms with Gasteiger partial charge in [0.2, 0.25) is 0 Å². The predicted octanol–water partition coefficient (Wildman–Crippen LogP) is 3.98. The molecule has 2 nitrogen and oxygen atoms in total. The lowest BCUT2D eigenvalue weighted by atomic mass is 10.1. The van der Waals surface area contributed by atoms with Gasteiger partial charge in [0.1, 0.15) is 17.6 Å². The monoisotopic (exact) mass is 256 g/mol. The Bertz CT molecular complexity index is 485. The zero-order valence-corrected chi connectivity index (χ0v) is 10.1. The van der Waals surface area contributed by atoms with Crippen LogP contribution in [0.5, 0.6) is 0 Å². The minimum Gasteiger partial charge on any atom is -0.463 e. The summed E-state index contributed by atoms with van der Waals surface area (Å²) >= 11 is 11.7. The van der Waals surface area contributed by atoms with Gasteiger partial charge in [0, 0.05) is 10.0 Å². The molecular weight excluding hydrogens is 247 g/mol. The van der Waals surface area contributed by atoms with E-state index in [0.717, 1.165) is 5.76 Å². The van der Waals surface area contributed by atoms with Crippen LogP contribution >= 0.6 is 23.2 Å². The van der Waals surface area contributed by atoms with Gasteiger partial charge in [-0.2, -0.15) is 0 Å². The maximum atomic E-state index is 10.0. The molecule has 84 valence electrons. The molecule has 0 bridgehead atoms. The summed E-state index contributed by atoms with van der Waals surface area (Å²) in [4.78, 5) is 0. The number of hydrogen-bond acceptors (Lipinski definition) is 2. The van der Waals surface area contributed by atoms with Gasteiger partial charge < -0.3 is 9.52 Å². The SMILES string of the molecule is Cc1ccc([C@@H](O)c2cc(Cl)cc(Cl)c2)o1. The molecule has 0 fully saturated rings. The second kappa shape index (κ2) is 4.50. The molecule has 16 heavy (non-hydrogen) atoms. The first-order valence-corrected chi connectivity index (χ1v) is 5.52. The van der Waals surface area contributed by atoms with Crippen LogP contribution in [-0.2, 0) is 0 Å². The summed E-state index contributed by atoms with van der Waals surface area (Å²) in [5.41, 5.74) is 0.617. The highest BCUT2D eigenvalue weighted by molar-refractivity contribution is 6.34. The van der Waals surface area contributed by atoms with Gasteiger partial charge in [0.15, 0.2) is 0 Å². The third kappa shape index (κ3) is 2.40. The fraction of sp³-hybridized carbons (Fsp3) is 0.167. The zero-order valence-electron chi connectivity index (χ0n) is 8.58. The molecule has 0 aliphatic carbocycles. The van der Waals surface area contributed by atoms with Gasteiger partial charge in [-0.15, -0.1) is 0 Å². The molecule has 2 rings (SSSR count). The zero-order chi connectivity index (χ0) is 11.7. The lowest BCUT2D eigenvalue weighted by Gasteiger charge is -2.09. The molecule has 1 aromatic carbocycles. The third-order valence-electron chi connectivity index (χ3n) is 2.23. The first kappa shape index (κ1) is 11.5. The van der Waals surface area contributed by atoms with Crippen molar-refractivity contribution in [2.45, 2.75) is 13.0 Å². The van der Waals surface area contributed by atoms with E-state index in [-0.39, 0.29) is 0 Å². The molecule has 0 amide bonds. The Morgan fingerprint density at radius 3 is 2.25 bits per heavy atom. The van der Waals surface area contributed by atoms with E-state index < -0.39 is 6.10 Å². The maximum Gasteiger partial charge on any atom is 0.137 e. The van der Waals surface area contributed by atoms with Crippen molar-refractivity contribution in [2.24, 2.45) is 0 Å². The number of benzene rings is 1. The second-order valence-electron chi connectivity index (χ2n) is 3.55. The average molecular weight is 257 g/mol. The number of aliphatic hydroxyl groups excluding tert-OH is 1. The highest BCUT2D eigenvalue weighted by atomic mass is 35.5. The highest BCUT2D eigenvalue weighted by Gasteiger charge is 2.15. The van der Waals surface area contributed by atoms with Crippen molar-refractivity contribution < 1.29 is 9.52 Å². The van der Waals surface area contributed by atoms with E-state index in [1.807, 2.05) is 6.92 Å². The van der Waals surface area contributed by atoms with Gasteiger partial charge in [-0.25, -0.2) is 0 Å². The van der Waals surface area contributed by atoms with E-state index in [2.05, 4.69) is 0 Å². The largest absolute Gasteiger partial charge is 0.463 e. The van der Waals surface area contributed by atoms with Crippen molar-refractivity contribution in [3.8, 4) is 0 Å². The molecule has 1 aromatic heterocycles. The Balaban J connectivity index is 2.37. The van der Waals surface area contributed by atoms with Gasteiger partial charge in [-0.3, -0.25) is 0 Å². The van der Waals surface area contributed by atoms with E-state index in [1.54, 1.807) is 30.3 Å². The fourth-order valence-electron chi connectivity index (χ4n) is 1.50. The van der Waals surface area contributed by atoms with Crippen molar-refractivity contribution in [3.63, 3.8) is 0 Å². The van der Waals surface area contributed by atoms with Gasteiger partial charge in [-0.1, -0.05) is 23.2 Å². The minimum atomic E-state index is -0.843. The number of hydrogen-bond donors (Lipinski definition) is 1. The van der Waals surface area contributed by atoms with E-state index >= 15 is 0 Å². The first-order chi connectivity index (χ1) is 7.56. The molecule has 4 heteroatoms. The Kier molecular flexibility index (Phi) is 3.24. The first-order valence-electron chi connectivity index (χ1n) is 4.76. The summed E-state index contributed by atoms with van der Waals surface area (Å²) in [6.07, 6.45) is -0.843. The normalized spacial score (nSPS) is 12.8. The van der Waals surface area contributed by atoms with Gasteiger partial charge in [0.05, 0.1) is 0 Å². The van der Waals surface area contributed by atoms with Crippen LogP contribution in [0.25, 0.3) is 0 Å². The van der Waals surface area contributed by atoms with Crippen LogP contribution in [0.3, 0.4) is 0 Å². The van der Waals surface area contributed by atoms with Crippen LogP contribution in [0.1, 0.15) is 23.2 Å². The summed E-state index contributed by atoms with van der Waals surface area (Å²) in [7, 11) is 0. The van der Waals surface area contributed by atoms with Crippen LogP contribution in [0, 0.1) is 6.92 Å². The maximum absolute atomic E-state index is 10.0. The molecule has 0 unspecified atom stereocenters. The summed E-state index contributed by atoms with van der Waals surface area (Å²) in [5, 5.41) is 11.0. The number of aryl methyl sites for hydroxylation is 1. The van der Waals surface area contributed by atoms with Crippen molar-refractivity contribution >= 4 is 23.2 Å². The van der Waals surface area contributed by atoms with Crippen molar-refractivity contribution in [1.29, 1.82) is 0 Å². The molecule has 0 saturated heterocycles. The smallest absolute Gasteiger partial charge is 0.137 e. The topological polar surface area (TPSA) is 33.4 Å². The van der Waals surface area contributed by atoms with Gasteiger partial charge in [0.25, 0.3) is 0 Å². The molecule has 1 heterocycles. The number of aliphatic hydroxyl groups is 1. The quantitative estimate of drug-likeness (QED) is 0.882. The molecule has 1 N–H and O–H groups in total. The van der Waals surface area contributed by atoms with E-state index in [4.69, 9.17) is 27.6 Å².